The van der Waals surface area contributed by atoms with E-state index >= 15 is 0 Å². The summed E-state index contributed by atoms with van der Waals surface area (Å²) in [5, 5.41) is 0.816. The monoisotopic (exact) mass is 403 g/mol. The SMILES string of the molecule is Fc1ccc(CSc2ncnc3c2sc(=S)n3-c2ccc(F)cc2)cc1. The lowest BCUT2D eigenvalue weighted by Crippen LogP contribution is -1.96. The lowest BCUT2D eigenvalue weighted by molar-refractivity contribution is 0.627. The summed E-state index contributed by atoms with van der Waals surface area (Å²) in [6.07, 6.45) is 1.50. The van der Waals surface area contributed by atoms with Gasteiger partial charge in [0.2, 0.25) is 0 Å². The molecule has 2 aromatic heterocycles. The Balaban J connectivity index is 1.71. The maximum Gasteiger partial charge on any atom is 0.168 e. The first-order chi connectivity index (χ1) is 12.6. The number of thiazole rings is 1. The van der Waals surface area contributed by atoms with Gasteiger partial charge in [0.25, 0.3) is 0 Å². The summed E-state index contributed by atoms with van der Waals surface area (Å²) in [5.41, 5.74) is 2.46. The standard InChI is InChI=1S/C18H11F2N3S3/c19-12-3-1-11(2-4-12)9-25-17-15-16(21-10-22-17)23(18(24)26-15)14-7-5-13(20)6-8-14/h1-8,10H,9H2. The largest absolute Gasteiger partial charge is 0.276 e. The maximum absolute atomic E-state index is 13.2. The van der Waals surface area contributed by atoms with Crippen molar-refractivity contribution in [3.05, 3.63) is 76.0 Å². The van der Waals surface area contributed by atoms with Crippen LogP contribution in [-0.4, -0.2) is 14.5 Å². The third-order valence-electron chi connectivity index (χ3n) is 3.71. The van der Waals surface area contributed by atoms with E-state index in [0.717, 1.165) is 21.0 Å². The number of thioether (sulfide) groups is 1. The zero-order valence-electron chi connectivity index (χ0n) is 13.2. The van der Waals surface area contributed by atoms with Gasteiger partial charge in [-0.2, -0.15) is 0 Å². The predicted molar refractivity (Wildman–Crippen MR) is 103 cm³/mol. The minimum absolute atomic E-state index is 0.252. The molecule has 0 aliphatic heterocycles. The van der Waals surface area contributed by atoms with Gasteiger partial charge in [-0.1, -0.05) is 23.5 Å². The van der Waals surface area contributed by atoms with Gasteiger partial charge in [0.15, 0.2) is 9.60 Å². The molecule has 0 fully saturated rings. The molecule has 8 heteroatoms. The van der Waals surface area contributed by atoms with Crippen molar-refractivity contribution < 1.29 is 8.78 Å². The number of benzene rings is 2. The van der Waals surface area contributed by atoms with Crippen molar-refractivity contribution in [3.63, 3.8) is 0 Å². The molecule has 26 heavy (non-hydrogen) atoms. The smallest absolute Gasteiger partial charge is 0.168 e. The van der Waals surface area contributed by atoms with Crippen LogP contribution in [0, 0.1) is 15.6 Å². The summed E-state index contributed by atoms with van der Waals surface area (Å²) in [6, 6.07) is 12.5. The van der Waals surface area contributed by atoms with E-state index in [9.17, 15) is 8.78 Å². The highest BCUT2D eigenvalue weighted by molar-refractivity contribution is 7.98. The highest BCUT2D eigenvalue weighted by Gasteiger charge is 2.13. The molecule has 130 valence electrons. The molecule has 0 saturated heterocycles. The molecular formula is C18H11F2N3S3. The van der Waals surface area contributed by atoms with E-state index in [0.29, 0.717) is 15.4 Å². The second kappa shape index (κ2) is 7.22. The minimum Gasteiger partial charge on any atom is -0.276 e. The van der Waals surface area contributed by atoms with E-state index in [2.05, 4.69) is 9.97 Å². The second-order valence-electron chi connectivity index (χ2n) is 5.43. The summed E-state index contributed by atoms with van der Waals surface area (Å²) >= 11 is 8.45. The number of fused-ring (bicyclic) bond motifs is 1. The van der Waals surface area contributed by atoms with Crippen LogP contribution in [0.15, 0.2) is 59.9 Å². The van der Waals surface area contributed by atoms with Crippen LogP contribution in [0.2, 0.25) is 0 Å². The Morgan fingerprint density at radius 2 is 1.62 bits per heavy atom. The Labute approximate surface area is 161 Å². The average Bonchev–Trinajstić information content (AvgIpc) is 2.98. The van der Waals surface area contributed by atoms with Crippen molar-refractivity contribution in [2.45, 2.75) is 10.8 Å². The van der Waals surface area contributed by atoms with E-state index in [1.807, 2.05) is 4.57 Å². The normalized spacial score (nSPS) is 11.2. The first kappa shape index (κ1) is 17.3. The zero-order chi connectivity index (χ0) is 18.1. The molecule has 0 aliphatic carbocycles. The lowest BCUT2D eigenvalue weighted by atomic mass is 10.2. The fraction of sp³-hybridized carbons (Fsp3) is 0.0556. The molecule has 0 bridgehead atoms. The summed E-state index contributed by atoms with van der Waals surface area (Å²) in [6.45, 7) is 0. The third-order valence-corrected chi connectivity index (χ3v) is 6.27. The van der Waals surface area contributed by atoms with Crippen LogP contribution < -0.4 is 0 Å². The van der Waals surface area contributed by atoms with E-state index in [-0.39, 0.29) is 11.6 Å². The number of halogens is 2. The Hall–Kier alpha value is -2.16. The molecule has 2 aromatic carbocycles. The van der Waals surface area contributed by atoms with Crippen molar-refractivity contribution in [1.82, 2.24) is 14.5 Å². The van der Waals surface area contributed by atoms with Gasteiger partial charge in [-0.3, -0.25) is 4.57 Å². The molecule has 0 N–H and O–H groups in total. The van der Waals surface area contributed by atoms with E-state index < -0.39 is 0 Å². The zero-order valence-corrected chi connectivity index (χ0v) is 15.7. The number of hydrogen-bond acceptors (Lipinski definition) is 5. The van der Waals surface area contributed by atoms with E-state index in [4.69, 9.17) is 12.2 Å². The molecule has 2 heterocycles. The van der Waals surface area contributed by atoms with Gasteiger partial charge in [-0.25, -0.2) is 18.7 Å². The first-order valence-corrected chi connectivity index (χ1v) is 9.82. The summed E-state index contributed by atoms with van der Waals surface area (Å²) in [4.78, 5) is 8.74. The van der Waals surface area contributed by atoms with Crippen molar-refractivity contribution in [2.24, 2.45) is 0 Å². The number of aromatic nitrogens is 3. The van der Waals surface area contributed by atoms with Gasteiger partial charge in [-0.15, -0.1) is 11.8 Å². The first-order valence-electron chi connectivity index (χ1n) is 7.61. The van der Waals surface area contributed by atoms with Crippen molar-refractivity contribution in [3.8, 4) is 5.69 Å². The molecule has 4 rings (SSSR count). The summed E-state index contributed by atoms with van der Waals surface area (Å²) in [5.74, 6) is 0.107. The van der Waals surface area contributed by atoms with Gasteiger partial charge in [0.05, 0.1) is 0 Å². The molecule has 0 saturated carbocycles. The van der Waals surface area contributed by atoms with Gasteiger partial charge >= 0.3 is 0 Å². The fourth-order valence-corrected chi connectivity index (χ4v) is 4.89. The summed E-state index contributed by atoms with van der Waals surface area (Å²) in [7, 11) is 0. The molecule has 0 radical (unpaired) electrons. The summed E-state index contributed by atoms with van der Waals surface area (Å²) < 4.78 is 29.6. The lowest BCUT2D eigenvalue weighted by Gasteiger charge is -2.05. The molecule has 3 nitrogen and oxygen atoms in total. The van der Waals surface area contributed by atoms with Gasteiger partial charge in [0.1, 0.15) is 27.7 Å². The van der Waals surface area contributed by atoms with Gasteiger partial charge in [-0.05, 0) is 54.2 Å². The highest BCUT2D eigenvalue weighted by Crippen LogP contribution is 2.33. The quantitative estimate of drug-likeness (QED) is 0.245. The Morgan fingerprint density at radius 3 is 2.31 bits per heavy atom. The van der Waals surface area contributed by atoms with Crippen molar-refractivity contribution in [2.75, 3.05) is 0 Å². The highest BCUT2D eigenvalue weighted by atomic mass is 32.2. The van der Waals surface area contributed by atoms with Gasteiger partial charge in [0, 0.05) is 11.4 Å². The predicted octanol–water partition coefficient (Wildman–Crippen LogP) is 5.78. The van der Waals surface area contributed by atoms with Crippen LogP contribution in [0.3, 0.4) is 0 Å². The van der Waals surface area contributed by atoms with Crippen molar-refractivity contribution >= 4 is 45.7 Å². The number of hydrogen-bond donors (Lipinski definition) is 0. The van der Waals surface area contributed by atoms with Crippen LogP contribution >= 0.6 is 35.3 Å². The molecule has 4 aromatic rings. The second-order valence-corrected chi connectivity index (χ2v) is 8.03. The molecule has 0 aliphatic rings. The van der Waals surface area contributed by atoms with E-state index in [1.165, 1.54) is 41.9 Å². The number of rotatable bonds is 4. The Bertz CT molecular complexity index is 1120. The van der Waals surface area contributed by atoms with Gasteiger partial charge < -0.3 is 0 Å². The topological polar surface area (TPSA) is 30.7 Å². The molecular weight excluding hydrogens is 392 g/mol. The van der Waals surface area contributed by atoms with E-state index in [1.54, 1.807) is 36.0 Å². The maximum atomic E-state index is 13.2. The van der Waals surface area contributed by atoms with Crippen LogP contribution in [0.1, 0.15) is 5.56 Å². The van der Waals surface area contributed by atoms with Crippen LogP contribution in [0.5, 0.6) is 0 Å². The van der Waals surface area contributed by atoms with Crippen LogP contribution in [0.25, 0.3) is 16.0 Å². The van der Waals surface area contributed by atoms with Crippen LogP contribution in [0.4, 0.5) is 8.78 Å². The Kier molecular flexibility index (Phi) is 4.80. The molecule has 0 spiro atoms. The minimum atomic E-state index is -0.301. The average molecular weight is 404 g/mol. The molecule has 0 amide bonds. The number of nitrogens with zero attached hydrogens (tertiary/aromatic N) is 3. The van der Waals surface area contributed by atoms with Crippen molar-refractivity contribution in [1.29, 1.82) is 0 Å². The molecule has 0 atom stereocenters. The molecule has 0 unspecified atom stereocenters. The Morgan fingerprint density at radius 1 is 0.962 bits per heavy atom. The van der Waals surface area contributed by atoms with Crippen LogP contribution in [-0.2, 0) is 5.75 Å². The fourth-order valence-electron chi connectivity index (χ4n) is 2.47. The third kappa shape index (κ3) is 3.40.